The lowest BCUT2D eigenvalue weighted by molar-refractivity contribution is -0.128. The average molecular weight is 830 g/mol. The smallest absolute Gasteiger partial charge is 0.230 e. The maximum absolute atomic E-state index is 14.4. The fraction of sp³-hybridized carbons (Fsp3) is 0.541. The molecule has 0 saturated carbocycles. The number of hydrogen-bond acceptors (Lipinski definition) is 10. The molecule has 53 heavy (non-hydrogen) atoms. The minimum atomic E-state index is -0.752. The number of amides is 3. The Hall–Kier alpha value is -3.15. The number of nitrogens with zero attached hydrogens (tertiary/aromatic N) is 6. The number of carbonyl (C=O) groups excluding carboxylic acids is 3. The van der Waals surface area contributed by atoms with Gasteiger partial charge in [-0.2, -0.15) is 0 Å². The van der Waals surface area contributed by atoms with Crippen molar-refractivity contribution in [1.82, 2.24) is 29.6 Å². The van der Waals surface area contributed by atoms with Crippen LogP contribution in [-0.4, -0.2) is 118 Å². The first kappa shape index (κ1) is 36.8. The summed E-state index contributed by atoms with van der Waals surface area (Å²) < 4.78 is 30.6. The standard InChI is InChI=1S/C37H43BrF2N8O3S2/c1-20(49)46-10-8-25(19-46)48-16-22(11-23(17-48)35(51)44-37-42-33-28(40)12-24(39)13-31(33)53-37)29-14-26(18-45(29)2)47-9-4-5-21(15-47)34(50)43-36-41-32-27(38)6-3-7-30(32)52-36/h3,6-7,12-13,21-23,25-26,29H,4-5,8-11,14-19H2,1-2H3,(H,41,43,50)(H,42,44,51). The van der Waals surface area contributed by atoms with Crippen LogP contribution in [0.15, 0.2) is 34.8 Å². The number of piperidine rings is 2. The Morgan fingerprint density at radius 3 is 2.32 bits per heavy atom. The number of rotatable bonds is 7. The van der Waals surface area contributed by atoms with Gasteiger partial charge in [-0.1, -0.05) is 28.7 Å². The second-order valence-corrected chi connectivity index (χ2v) is 18.0. The van der Waals surface area contributed by atoms with E-state index in [1.54, 1.807) is 6.92 Å². The zero-order chi connectivity index (χ0) is 37.0. The summed E-state index contributed by atoms with van der Waals surface area (Å²) in [5.41, 5.74) is 0.901. The highest BCUT2D eigenvalue weighted by Crippen LogP contribution is 2.38. The zero-order valence-electron chi connectivity index (χ0n) is 29.7. The van der Waals surface area contributed by atoms with Crippen molar-refractivity contribution in [3.8, 4) is 0 Å². The van der Waals surface area contributed by atoms with Crippen LogP contribution in [0.3, 0.4) is 0 Å². The summed E-state index contributed by atoms with van der Waals surface area (Å²) in [5, 5.41) is 6.91. The Morgan fingerprint density at radius 2 is 1.57 bits per heavy atom. The molecule has 6 heterocycles. The summed E-state index contributed by atoms with van der Waals surface area (Å²) >= 11 is 6.11. The van der Waals surface area contributed by atoms with Gasteiger partial charge in [0, 0.05) is 74.9 Å². The average Bonchev–Trinajstić information content (AvgIpc) is 3.94. The summed E-state index contributed by atoms with van der Waals surface area (Å²) in [7, 11) is 2.17. The third-order valence-electron chi connectivity index (χ3n) is 11.7. The number of anilines is 2. The SMILES string of the molecule is CC(=O)N1CCC(N2CC(C(=O)Nc3nc4c(F)cc(F)cc4s3)CC(C3CC(N4CCCC(C(=O)Nc5nc6c(Br)cccc6s5)C4)CN3C)C2)C1. The van der Waals surface area contributed by atoms with Crippen molar-refractivity contribution >= 4 is 87.0 Å². The number of benzene rings is 2. The van der Waals surface area contributed by atoms with Gasteiger partial charge in [0.15, 0.2) is 16.1 Å². The van der Waals surface area contributed by atoms with Gasteiger partial charge in [0.05, 0.1) is 26.8 Å². The molecule has 0 radical (unpaired) electrons. The van der Waals surface area contributed by atoms with E-state index >= 15 is 0 Å². The lowest BCUT2D eigenvalue weighted by Gasteiger charge is -2.43. The molecule has 4 aromatic rings. The molecule has 4 aliphatic heterocycles. The van der Waals surface area contributed by atoms with Gasteiger partial charge in [0.25, 0.3) is 0 Å². The molecule has 0 bridgehead atoms. The highest BCUT2D eigenvalue weighted by Gasteiger charge is 2.45. The van der Waals surface area contributed by atoms with Crippen LogP contribution in [0.4, 0.5) is 19.0 Å². The Labute approximate surface area is 323 Å². The number of nitrogens with one attached hydrogen (secondary N) is 2. The molecule has 4 aliphatic rings. The van der Waals surface area contributed by atoms with E-state index in [1.165, 1.54) is 17.4 Å². The van der Waals surface area contributed by atoms with Gasteiger partial charge in [-0.25, -0.2) is 18.7 Å². The number of thiazole rings is 2. The van der Waals surface area contributed by atoms with E-state index in [2.05, 4.69) is 58.3 Å². The molecule has 16 heteroatoms. The van der Waals surface area contributed by atoms with Gasteiger partial charge in [0.1, 0.15) is 11.3 Å². The zero-order valence-corrected chi connectivity index (χ0v) is 32.9. The largest absolute Gasteiger partial charge is 0.341 e. The van der Waals surface area contributed by atoms with Crippen molar-refractivity contribution in [2.75, 3.05) is 63.5 Å². The van der Waals surface area contributed by atoms with E-state index in [-0.39, 0.29) is 58.2 Å². The molecule has 2 aromatic heterocycles. The van der Waals surface area contributed by atoms with Crippen LogP contribution in [0.2, 0.25) is 0 Å². The number of likely N-dealkylation sites (tertiary alicyclic amines) is 4. The van der Waals surface area contributed by atoms with E-state index in [1.807, 2.05) is 23.1 Å². The second-order valence-electron chi connectivity index (χ2n) is 15.1. The molecule has 282 valence electrons. The van der Waals surface area contributed by atoms with Gasteiger partial charge in [-0.15, -0.1) is 0 Å². The van der Waals surface area contributed by atoms with Gasteiger partial charge in [-0.05, 0) is 85.7 Å². The summed E-state index contributed by atoms with van der Waals surface area (Å²) in [6.07, 6.45) is 4.27. The summed E-state index contributed by atoms with van der Waals surface area (Å²) in [4.78, 5) is 57.8. The van der Waals surface area contributed by atoms with Gasteiger partial charge in [-0.3, -0.25) is 24.2 Å². The van der Waals surface area contributed by atoms with Crippen LogP contribution in [0.25, 0.3) is 20.4 Å². The maximum atomic E-state index is 14.4. The van der Waals surface area contributed by atoms with Crippen molar-refractivity contribution in [3.05, 3.63) is 46.4 Å². The minimum Gasteiger partial charge on any atom is -0.341 e. The normalized spacial score (nSPS) is 27.5. The molecule has 8 rings (SSSR count). The van der Waals surface area contributed by atoms with E-state index in [0.29, 0.717) is 48.5 Å². The highest BCUT2D eigenvalue weighted by atomic mass is 79.9. The molecule has 0 spiro atoms. The lowest BCUT2D eigenvalue weighted by Crippen LogP contribution is -2.53. The van der Waals surface area contributed by atoms with E-state index in [9.17, 15) is 23.2 Å². The van der Waals surface area contributed by atoms with Crippen molar-refractivity contribution in [2.45, 2.75) is 57.2 Å². The molecule has 2 aromatic carbocycles. The third kappa shape index (κ3) is 7.72. The number of carbonyl (C=O) groups is 3. The number of likely N-dealkylation sites (N-methyl/N-ethyl adjacent to an activating group) is 1. The predicted molar refractivity (Wildman–Crippen MR) is 207 cm³/mol. The summed E-state index contributed by atoms with van der Waals surface area (Å²) in [6.45, 7) is 6.87. The van der Waals surface area contributed by atoms with Gasteiger partial charge >= 0.3 is 0 Å². The third-order valence-corrected chi connectivity index (χ3v) is 14.2. The van der Waals surface area contributed by atoms with Crippen molar-refractivity contribution in [2.24, 2.45) is 17.8 Å². The first-order valence-electron chi connectivity index (χ1n) is 18.3. The molecular formula is C37H43BrF2N8O3S2. The molecule has 4 saturated heterocycles. The Balaban J connectivity index is 0.950. The fourth-order valence-electron chi connectivity index (χ4n) is 9.03. The van der Waals surface area contributed by atoms with Crippen molar-refractivity contribution < 1.29 is 23.2 Å². The Morgan fingerprint density at radius 1 is 0.830 bits per heavy atom. The van der Waals surface area contributed by atoms with Crippen LogP contribution in [0.1, 0.15) is 39.0 Å². The highest BCUT2D eigenvalue weighted by molar-refractivity contribution is 9.10. The number of aromatic nitrogens is 2. The second kappa shape index (κ2) is 15.2. The van der Waals surface area contributed by atoms with E-state index in [0.717, 1.165) is 77.4 Å². The Kier molecular flexibility index (Phi) is 10.5. The quantitative estimate of drug-likeness (QED) is 0.238. The molecule has 6 atom stereocenters. The maximum Gasteiger partial charge on any atom is 0.230 e. The molecule has 0 aliphatic carbocycles. The number of para-hydroxylation sites is 1. The molecule has 3 amide bonds. The summed E-state index contributed by atoms with van der Waals surface area (Å²) in [5.74, 6) is -1.80. The fourth-order valence-corrected chi connectivity index (χ4v) is 11.4. The molecule has 11 nitrogen and oxygen atoms in total. The topological polar surface area (TPSA) is 114 Å². The molecule has 6 unspecified atom stereocenters. The molecule has 2 N–H and O–H groups in total. The first-order chi connectivity index (χ1) is 25.5. The van der Waals surface area contributed by atoms with Crippen LogP contribution in [-0.2, 0) is 14.4 Å². The van der Waals surface area contributed by atoms with Crippen molar-refractivity contribution in [3.63, 3.8) is 0 Å². The first-order valence-corrected chi connectivity index (χ1v) is 20.8. The van der Waals surface area contributed by atoms with Crippen LogP contribution >= 0.6 is 38.6 Å². The minimum absolute atomic E-state index is 0.0155. The van der Waals surface area contributed by atoms with Crippen molar-refractivity contribution in [1.29, 1.82) is 0 Å². The Bertz CT molecular complexity index is 2050. The monoisotopic (exact) mass is 828 g/mol. The molecular weight excluding hydrogens is 786 g/mol. The molecule has 4 fully saturated rings. The number of halogens is 3. The summed E-state index contributed by atoms with van der Waals surface area (Å²) in [6, 6.07) is 8.65. The number of hydrogen-bond donors (Lipinski definition) is 2. The van der Waals surface area contributed by atoms with Crippen LogP contribution in [0, 0.1) is 29.4 Å². The van der Waals surface area contributed by atoms with Crippen LogP contribution < -0.4 is 10.6 Å². The van der Waals surface area contributed by atoms with E-state index < -0.39 is 11.6 Å². The van der Waals surface area contributed by atoms with Crippen LogP contribution in [0.5, 0.6) is 0 Å². The predicted octanol–water partition coefficient (Wildman–Crippen LogP) is 5.87. The van der Waals surface area contributed by atoms with Gasteiger partial charge < -0.3 is 20.4 Å². The number of fused-ring (bicyclic) bond motifs is 2. The lowest BCUT2D eigenvalue weighted by atomic mass is 9.81. The van der Waals surface area contributed by atoms with E-state index in [4.69, 9.17) is 0 Å². The van der Waals surface area contributed by atoms with Gasteiger partial charge in [0.2, 0.25) is 17.7 Å².